The van der Waals surface area contributed by atoms with Crippen LogP contribution >= 0.6 is 0 Å². The van der Waals surface area contributed by atoms with Gasteiger partial charge in [0.05, 0.1) is 23.4 Å². The number of nitrogens with one attached hydrogen (secondary N) is 1. The van der Waals surface area contributed by atoms with Gasteiger partial charge in [-0.05, 0) is 25.8 Å². The molecule has 20 heavy (non-hydrogen) atoms. The van der Waals surface area contributed by atoms with Crippen molar-refractivity contribution in [1.29, 1.82) is 0 Å². The van der Waals surface area contributed by atoms with E-state index in [0.29, 0.717) is 12.8 Å². The van der Waals surface area contributed by atoms with Crippen LogP contribution in [0.3, 0.4) is 0 Å². The summed E-state index contributed by atoms with van der Waals surface area (Å²) in [4.78, 5) is 15.6. The van der Waals surface area contributed by atoms with Crippen molar-refractivity contribution in [3.05, 3.63) is 55.2 Å². The van der Waals surface area contributed by atoms with Gasteiger partial charge in [0.1, 0.15) is 0 Å². The van der Waals surface area contributed by atoms with Crippen molar-refractivity contribution in [2.45, 2.75) is 31.4 Å². The molecule has 4 nitrogen and oxygen atoms in total. The predicted molar refractivity (Wildman–Crippen MR) is 75.7 cm³/mol. The van der Waals surface area contributed by atoms with E-state index < -0.39 is 23.4 Å². The molecule has 0 aliphatic rings. The Morgan fingerprint density at radius 3 is 2.65 bits per heavy atom. The molecule has 0 saturated carbocycles. The number of rotatable bonds is 7. The fourth-order valence-electron chi connectivity index (χ4n) is 1.90. The van der Waals surface area contributed by atoms with Crippen molar-refractivity contribution >= 4 is 5.91 Å². The Labute approximate surface area is 118 Å². The summed E-state index contributed by atoms with van der Waals surface area (Å²) >= 11 is 0. The molecule has 0 saturated heterocycles. The number of carbonyl (C=O) groups is 1. The molecule has 1 aromatic heterocycles. The highest BCUT2D eigenvalue weighted by molar-refractivity contribution is 5.94. The largest absolute Gasteiger partial charge is 0.387 e. The lowest BCUT2D eigenvalue weighted by molar-refractivity contribution is 0.0127. The number of hydrogen-bond donors (Lipinski definition) is 2. The van der Waals surface area contributed by atoms with Gasteiger partial charge in [0.25, 0.3) is 5.91 Å². The van der Waals surface area contributed by atoms with Crippen LogP contribution in [0, 0.1) is 5.82 Å². The highest BCUT2D eigenvalue weighted by atomic mass is 19.1. The number of halogens is 1. The average molecular weight is 278 g/mol. The van der Waals surface area contributed by atoms with Crippen LogP contribution in [0.15, 0.2) is 43.8 Å². The van der Waals surface area contributed by atoms with Crippen LogP contribution in [0.25, 0.3) is 0 Å². The summed E-state index contributed by atoms with van der Waals surface area (Å²) in [7, 11) is 0. The van der Waals surface area contributed by atoms with E-state index in [0.717, 1.165) is 6.20 Å². The van der Waals surface area contributed by atoms with Gasteiger partial charge in [0.2, 0.25) is 0 Å². The summed E-state index contributed by atoms with van der Waals surface area (Å²) in [5.41, 5.74) is -1.30. The van der Waals surface area contributed by atoms with Gasteiger partial charge in [-0.1, -0.05) is 12.2 Å². The maximum absolute atomic E-state index is 13.5. The zero-order chi connectivity index (χ0) is 15.2. The standard InChI is InChI=1S/C15H19FN2O2/c1-4-7-15(20,8-5-2)11(3)18-14(19)12-6-9-17-10-13(12)16/h4-6,9-11,20H,1-2,7-8H2,3H3,(H,18,19)/t11-/m0/s1. The topological polar surface area (TPSA) is 62.2 Å². The van der Waals surface area contributed by atoms with Gasteiger partial charge in [-0.25, -0.2) is 4.39 Å². The van der Waals surface area contributed by atoms with Crippen LogP contribution in [0.4, 0.5) is 4.39 Å². The van der Waals surface area contributed by atoms with Gasteiger partial charge in [-0.15, -0.1) is 13.2 Å². The summed E-state index contributed by atoms with van der Waals surface area (Å²) in [6, 6.07) is 0.704. The number of aliphatic hydroxyl groups is 1. The molecule has 1 atom stereocenters. The zero-order valence-corrected chi connectivity index (χ0v) is 11.5. The number of amides is 1. The average Bonchev–Trinajstić information content (AvgIpc) is 2.39. The molecule has 0 unspecified atom stereocenters. The lowest BCUT2D eigenvalue weighted by atomic mass is 9.88. The Balaban J connectivity index is 2.85. The molecule has 0 aliphatic heterocycles. The Morgan fingerprint density at radius 2 is 2.15 bits per heavy atom. The Bertz CT molecular complexity index is 492. The minimum atomic E-state index is -1.19. The van der Waals surface area contributed by atoms with Crippen molar-refractivity contribution in [2.24, 2.45) is 0 Å². The number of nitrogens with zero attached hydrogens (tertiary/aromatic N) is 1. The first kappa shape index (κ1) is 16.0. The molecule has 0 aliphatic carbocycles. The third-order valence-electron chi connectivity index (χ3n) is 3.17. The normalized spacial score (nSPS) is 12.6. The van der Waals surface area contributed by atoms with Crippen molar-refractivity contribution < 1.29 is 14.3 Å². The first-order valence-electron chi connectivity index (χ1n) is 6.29. The van der Waals surface area contributed by atoms with Crippen molar-refractivity contribution in [1.82, 2.24) is 10.3 Å². The third kappa shape index (κ3) is 3.74. The van der Waals surface area contributed by atoms with E-state index in [4.69, 9.17) is 0 Å². The van der Waals surface area contributed by atoms with E-state index in [-0.39, 0.29) is 5.56 Å². The van der Waals surface area contributed by atoms with Gasteiger partial charge in [-0.3, -0.25) is 9.78 Å². The molecule has 1 rings (SSSR count). The van der Waals surface area contributed by atoms with E-state index >= 15 is 0 Å². The third-order valence-corrected chi connectivity index (χ3v) is 3.17. The zero-order valence-electron chi connectivity index (χ0n) is 11.5. The number of aromatic nitrogens is 1. The van der Waals surface area contributed by atoms with E-state index in [1.165, 1.54) is 12.3 Å². The van der Waals surface area contributed by atoms with Gasteiger partial charge >= 0.3 is 0 Å². The molecule has 0 aromatic carbocycles. The molecule has 0 spiro atoms. The highest BCUT2D eigenvalue weighted by Crippen LogP contribution is 2.21. The molecular formula is C15H19FN2O2. The van der Waals surface area contributed by atoms with Crippen LogP contribution in [0.2, 0.25) is 0 Å². The minimum absolute atomic E-state index is 0.105. The second-order valence-corrected chi connectivity index (χ2v) is 4.64. The summed E-state index contributed by atoms with van der Waals surface area (Å²) < 4.78 is 13.5. The summed E-state index contributed by atoms with van der Waals surface area (Å²) in [6.45, 7) is 8.83. The van der Waals surface area contributed by atoms with Gasteiger partial charge in [0.15, 0.2) is 5.82 Å². The first-order chi connectivity index (χ1) is 9.44. The van der Waals surface area contributed by atoms with E-state index in [1.807, 2.05) is 0 Å². The van der Waals surface area contributed by atoms with Crippen LogP contribution in [-0.4, -0.2) is 27.6 Å². The summed E-state index contributed by atoms with van der Waals surface area (Å²) in [5.74, 6) is -1.29. The lowest BCUT2D eigenvalue weighted by Crippen LogP contribution is -2.50. The monoisotopic (exact) mass is 278 g/mol. The molecule has 2 N–H and O–H groups in total. The van der Waals surface area contributed by atoms with Crippen molar-refractivity contribution in [3.8, 4) is 0 Å². The molecule has 5 heteroatoms. The first-order valence-corrected chi connectivity index (χ1v) is 6.29. The van der Waals surface area contributed by atoms with Crippen molar-refractivity contribution in [3.63, 3.8) is 0 Å². The molecule has 0 bridgehead atoms. The Kier molecular flexibility index (Phi) is 5.58. The maximum atomic E-state index is 13.5. The van der Waals surface area contributed by atoms with Crippen LogP contribution in [0.5, 0.6) is 0 Å². The Morgan fingerprint density at radius 1 is 1.55 bits per heavy atom. The molecule has 0 radical (unpaired) electrons. The van der Waals surface area contributed by atoms with Crippen molar-refractivity contribution in [2.75, 3.05) is 0 Å². The van der Waals surface area contributed by atoms with Gasteiger partial charge in [0, 0.05) is 6.20 Å². The van der Waals surface area contributed by atoms with E-state index in [9.17, 15) is 14.3 Å². The highest BCUT2D eigenvalue weighted by Gasteiger charge is 2.32. The van der Waals surface area contributed by atoms with Gasteiger partial charge in [-0.2, -0.15) is 0 Å². The maximum Gasteiger partial charge on any atom is 0.254 e. The van der Waals surface area contributed by atoms with E-state index in [2.05, 4.69) is 23.5 Å². The quantitative estimate of drug-likeness (QED) is 0.752. The molecule has 108 valence electrons. The molecule has 1 heterocycles. The SMILES string of the molecule is C=CCC(O)(CC=C)[C@H](C)NC(=O)c1ccncc1F. The number of pyridine rings is 1. The number of hydrogen-bond acceptors (Lipinski definition) is 3. The molecule has 1 amide bonds. The lowest BCUT2D eigenvalue weighted by Gasteiger charge is -2.33. The van der Waals surface area contributed by atoms with Crippen LogP contribution in [0.1, 0.15) is 30.1 Å². The fourth-order valence-corrected chi connectivity index (χ4v) is 1.90. The summed E-state index contributed by atoms with van der Waals surface area (Å²) in [5, 5.41) is 13.1. The second kappa shape index (κ2) is 6.96. The second-order valence-electron chi connectivity index (χ2n) is 4.64. The van der Waals surface area contributed by atoms with E-state index in [1.54, 1.807) is 19.1 Å². The van der Waals surface area contributed by atoms with Gasteiger partial charge < -0.3 is 10.4 Å². The number of carbonyl (C=O) groups excluding carboxylic acids is 1. The smallest absolute Gasteiger partial charge is 0.254 e. The molecule has 1 aromatic rings. The fraction of sp³-hybridized carbons (Fsp3) is 0.333. The summed E-state index contributed by atoms with van der Waals surface area (Å²) in [6.07, 6.45) is 6.03. The minimum Gasteiger partial charge on any atom is -0.387 e. The van der Waals surface area contributed by atoms with Crippen LogP contribution < -0.4 is 5.32 Å². The molecule has 0 fully saturated rings. The Hall–Kier alpha value is -2.01. The molecular weight excluding hydrogens is 259 g/mol. The van der Waals surface area contributed by atoms with Crippen LogP contribution in [-0.2, 0) is 0 Å². The predicted octanol–water partition coefficient (Wildman–Crippen LogP) is 2.22.